The van der Waals surface area contributed by atoms with E-state index in [2.05, 4.69) is 0 Å². The van der Waals surface area contributed by atoms with Gasteiger partial charge >= 0.3 is 0 Å². The summed E-state index contributed by atoms with van der Waals surface area (Å²) in [6, 6.07) is 8.52. The Labute approximate surface area is 125 Å². The van der Waals surface area contributed by atoms with Gasteiger partial charge in [0.2, 0.25) is 5.78 Å². The number of Topliss-reactive ketones (excluding diaryl/α,β-unsaturated/α-hetero) is 4. The van der Waals surface area contributed by atoms with Gasteiger partial charge in [-0.3, -0.25) is 19.2 Å². The SMILES string of the molecule is CC(=O)C(=O)c1ccccc1.CCC(=O)C(=O)CC(C)C. The predicted octanol–water partition coefficient (Wildman–Crippen LogP) is 3.04. The summed E-state index contributed by atoms with van der Waals surface area (Å²) in [6.45, 7) is 6.84. The number of hydrogen-bond acceptors (Lipinski definition) is 4. The minimum absolute atomic E-state index is 0.225. The molecule has 4 heteroatoms. The first-order valence-corrected chi connectivity index (χ1v) is 6.95. The predicted molar refractivity (Wildman–Crippen MR) is 81.2 cm³/mol. The first kappa shape index (κ1) is 18.9. The van der Waals surface area contributed by atoms with E-state index < -0.39 is 11.6 Å². The molecule has 0 heterocycles. The minimum Gasteiger partial charge on any atom is -0.291 e. The second-order valence-electron chi connectivity index (χ2n) is 5.05. The Morgan fingerprint density at radius 3 is 1.86 bits per heavy atom. The zero-order valence-electron chi connectivity index (χ0n) is 13.0. The van der Waals surface area contributed by atoms with Crippen LogP contribution in [-0.4, -0.2) is 23.1 Å². The monoisotopic (exact) mass is 290 g/mol. The zero-order chi connectivity index (χ0) is 16.4. The number of carbonyl (C=O) groups is 4. The van der Waals surface area contributed by atoms with Gasteiger partial charge < -0.3 is 0 Å². The van der Waals surface area contributed by atoms with Crippen molar-refractivity contribution < 1.29 is 19.2 Å². The molecule has 0 unspecified atom stereocenters. The lowest BCUT2D eigenvalue weighted by atomic mass is 10.0. The molecule has 0 radical (unpaired) electrons. The van der Waals surface area contributed by atoms with Gasteiger partial charge in [0.15, 0.2) is 17.3 Å². The molecule has 0 amide bonds. The Hall–Kier alpha value is -2.10. The van der Waals surface area contributed by atoms with Crippen molar-refractivity contribution in [2.45, 2.75) is 40.5 Å². The molecule has 1 rings (SSSR count). The standard InChI is InChI=1S/C9H8O2.C8H14O2/c1-7(10)9(11)8-5-3-2-4-6-8;1-4-7(9)8(10)5-6(2)3/h2-6H,1H3;6H,4-5H2,1-3H3. The van der Waals surface area contributed by atoms with Crippen molar-refractivity contribution in [2.24, 2.45) is 5.92 Å². The molecule has 21 heavy (non-hydrogen) atoms. The molecule has 1 aromatic carbocycles. The molecule has 0 aliphatic heterocycles. The summed E-state index contributed by atoms with van der Waals surface area (Å²) < 4.78 is 0. The van der Waals surface area contributed by atoms with Crippen molar-refractivity contribution in [2.75, 3.05) is 0 Å². The van der Waals surface area contributed by atoms with E-state index in [-0.39, 0.29) is 11.6 Å². The van der Waals surface area contributed by atoms with Crippen LogP contribution in [0.15, 0.2) is 30.3 Å². The Bertz CT molecular complexity index is 501. The quantitative estimate of drug-likeness (QED) is 0.596. The summed E-state index contributed by atoms with van der Waals surface area (Å²) in [5.74, 6) is -1.02. The maximum atomic E-state index is 11.0. The summed E-state index contributed by atoms with van der Waals surface area (Å²) in [6.07, 6.45) is 0.734. The summed E-state index contributed by atoms with van der Waals surface area (Å²) >= 11 is 0. The van der Waals surface area contributed by atoms with Crippen molar-refractivity contribution in [3.63, 3.8) is 0 Å². The molecule has 0 bridgehead atoms. The third-order valence-corrected chi connectivity index (χ3v) is 2.58. The van der Waals surface area contributed by atoms with Gasteiger partial charge in [-0.15, -0.1) is 0 Å². The first-order valence-electron chi connectivity index (χ1n) is 6.95. The van der Waals surface area contributed by atoms with Crippen LogP contribution in [0.5, 0.6) is 0 Å². The van der Waals surface area contributed by atoms with E-state index >= 15 is 0 Å². The molecule has 0 spiro atoms. The maximum absolute atomic E-state index is 11.0. The van der Waals surface area contributed by atoms with Crippen molar-refractivity contribution >= 4 is 23.1 Å². The molecule has 0 atom stereocenters. The average Bonchev–Trinajstić information content (AvgIpc) is 2.46. The van der Waals surface area contributed by atoms with Crippen molar-refractivity contribution in [1.29, 1.82) is 0 Å². The number of ketones is 4. The van der Waals surface area contributed by atoms with Gasteiger partial charge in [-0.25, -0.2) is 0 Å². The summed E-state index contributed by atoms with van der Waals surface area (Å²) in [7, 11) is 0. The highest BCUT2D eigenvalue weighted by atomic mass is 16.2. The molecule has 1 aromatic rings. The molecule has 0 saturated heterocycles. The highest BCUT2D eigenvalue weighted by Crippen LogP contribution is 2.01. The van der Waals surface area contributed by atoms with Gasteiger partial charge in [0, 0.05) is 25.3 Å². The van der Waals surface area contributed by atoms with Crippen LogP contribution in [0.2, 0.25) is 0 Å². The Morgan fingerprint density at radius 1 is 0.952 bits per heavy atom. The highest BCUT2D eigenvalue weighted by molar-refractivity contribution is 6.42. The van der Waals surface area contributed by atoms with Gasteiger partial charge in [0.25, 0.3) is 0 Å². The van der Waals surface area contributed by atoms with E-state index in [0.29, 0.717) is 24.3 Å². The van der Waals surface area contributed by atoms with Gasteiger partial charge in [0.05, 0.1) is 0 Å². The van der Waals surface area contributed by atoms with Crippen LogP contribution in [-0.2, 0) is 14.4 Å². The van der Waals surface area contributed by atoms with Crippen LogP contribution < -0.4 is 0 Å². The van der Waals surface area contributed by atoms with Crippen LogP contribution in [0.1, 0.15) is 50.9 Å². The number of benzene rings is 1. The van der Waals surface area contributed by atoms with Crippen molar-refractivity contribution in [1.82, 2.24) is 0 Å². The lowest BCUT2D eigenvalue weighted by Crippen LogP contribution is -2.14. The largest absolute Gasteiger partial charge is 0.291 e. The van der Waals surface area contributed by atoms with E-state index in [1.165, 1.54) is 6.92 Å². The first-order chi connectivity index (χ1) is 9.79. The average molecular weight is 290 g/mol. The summed E-state index contributed by atoms with van der Waals surface area (Å²) in [4.78, 5) is 43.1. The number of hydrogen-bond donors (Lipinski definition) is 0. The number of carbonyl (C=O) groups excluding carboxylic acids is 4. The van der Waals surface area contributed by atoms with E-state index in [9.17, 15) is 19.2 Å². The smallest absolute Gasteiger partial charge is 0.228 e. The van der Waals surface area contributed by atoms with Crippen LogP contribution in [0.25, 0.3) is 0 Å². The van der Waals surface area contributed by atoms with E-state index in [4.69, 9.17) is 0 Å². The summed E-state index contributed by atoms with van der Waals surface area (Å²) in [5.41, 5.74) is 0.458. The Kier molecular flexibility index (Phi) is 8.77. The van der Waals surface area contributed by atoms with Crippen molar-refractivity contribution in [3.05, 3.63) is 35.9 Å². The molecule has 0 aromatic heterocycles. The molecule has 0 saturated carbocycles. The molecule has 0 fully saturated rings. The number of rotatable bonds is 6. The fraction of sp³-hybridized carbons (Fsp3) is 0.412. The topological polar surface area (TPSA) is 68.3 Å². The molecule has 0 N–H and O–H groups in total. The molecular formula is C17H22O4. The van der Waals surface area contributed by atoms with Crippen molar-refractivity contribution in [3.8, 4) is 0 Å². The van der Waals surface area contributed by atoms with Crippen LogP contribution in [0.3, 0.4) is 0 Å². The fourth-order valence-electron chi connectivity index (χ4n) is 1.47. The fourth-order valence-corrected chi connectivity index (χ4v) is 1.47. The molecular weight excluding hydrogens is 268 g/mol. The van der Waals surface area contributed by atoms with Gasteiger partial charge in [-0.1, -0.05) is 51.1 Å². The third-order valence-electron chi connectivity index (χ3n) is 2.58. The van der Waals surface area contributed by atoms with E-state index in [1.54, 1.807) is 37.3 Å². The Morgan fingerprint density at radius 2 is 1.48 bits per heavy atom. The minimum atomic E-state index is -0.425. The third kappa shape index (κ3) is 7.92. The maximum Gasteiger partial charge on any atom is 0.228 e. The molecule has 0 aliphatic carbocycles. The van der Waals surface area contributed by atoms with Gasteiger partial charge in [-0.05, 0) is 5.92 Å². The van der Waals surface area contributed by atoms with Crippen LogP contribution in [0, 0.1) is 5.92 Å². The highest BCUT2D eigenvalue weighted by Gasteiger charge is 2.11. The normalized spacial score (nSPS) is 9.57. The van der Waals surface area contributed by atoms with Gasteiger partial charge in [-0.2, -0.15) is 0 Å². The lowest BCUT2D eigenvalue weighted by molar-refractivity contribution is -0.136. The Balaban J connectivity index is 0.000000384. The van der Waals surface area contributed by atoms with Crippen LogP contribution >= 0.6 is 0 Å². The molecule has 114 valence electrons. The zero-order valence-corrected chi connectivity index (χ0v) is 13.0. The second kappa shape index (κ2) is 9.75. The molecule has 4 nitrogen and oxygen atoms in total. The van der Waals surface area contributed by atoms with Crippen LogP contribution in [0.4, 0.5) is 0 Å². The van der Waals surface area contributed by atoms with Gasteiger partial charge in [0.1, 0.15) is 0 Å². The lowest BCUT2D eigenvalue weighted by Gasteiger charge is -1.99. The second-order valence-corrected chi connectivity index (χ2v) is 5.05. The molecule has 0 aliphatic rings. The van der Waals surface area contributed by atoms with E-state index in [1.807, 2.05) is 13.8 Å². The summed E-state index contributed by atoms with van der Waals surface area (Å²) in [5, 5.41) is 0. The van der Waals surface area contributed by atoms with E-state index in [0.717, 1.165) is 0 Å².